The Balaban J connectivity index is 1.91. The molecule has 0 saturated heterocycles. The second-order valence-electron chi connectivity index (χ2n) is 7.37. The first kappa shape index (κ1) is 20.3. The van der Waals surface area contributed by atoms with E-state index < -0.39 is 29.9 Å². The molecular weight excluding hydrogens is 372 g/mol. The molecule has 7 heteroatoms. The van der Waals surface area contributed by atoms with Crippen molar-refractivity contribution >= 4 is 23.6 Å². The van der Waals surface area contributed by atoms with Crippen LogP contribution in [0.25, 0.3) is 11.1 Å². The van der Waals surface area contributed by atoms with E-state index in [0.29, 0.717) is 27.8 Å². The Morgan fingerprint density at radius 2 is 1.48 bits per heavy atom. The van der Waals surface area contributed by atoms with Gasteiger partial charge in [0.1, 0.15) is 12.1 Å². The van der Waals surface area contributed by atoms with Crippen LogP contribution in [0.3, 0.4) is 0 Å². The third-order valence-corrected chi connectivity index (χ3v) is 4.96. The van der Waals surface area contributed by atoms with E-state index in [2.05, 4.69) is 10.6 Å². The first-order valence-electron chi connectivity index (χ1n) is 9.33. The van der Waals surface area contributed by atoms with Crippen molar-refractivity contribution in [2.45, 2.75) is 32.9 Å². The number of hydrogen-bond acceptors (Lipinski definition) is 4. The van der Waals surface area contributed by atoms with Gasteiger partial charge in [-0.05, 0) is 24.5 Å². The molecule has 2 atom stereocenters. The Labute approximate surface area is 168 Å². The number of carboxylic acid groups (broad SMARTS) is 1. The summed E-state index contributed by atoms with van der Waals surface area (Å²) in [6, 6.07) is 9.99. The summed E-state index contributed by atoms with van der Waals surface area (Å²) in [4.78, 5) is 49.2. The van der Waals surface area contributed by atoms with Crippen molar-refractivity contribution in [2.75, 3.05) is 0 Å². The van der Waals surface area contributed by atoms with Gasteiger partial charge in [0.25, 0.3) is 5.91 Å². The summed E-state index contributed by atoms with van der Waals surface area (Å²) >= 11 is 0. The number of aliphatic carboxylic acids is 1. The minimum absolute atomic E-state index is 0.140. The van der Waals surface area contributed by atoms with Crippen LogP contribution in [0.5, 0.6) is 0 Å². The zero-order chi connectivity index (χ0) is 21.3. The molecule has 29 heavy (non-hydrogen) atoms. The summed E-state index contributed by atoms with van der Waals surface area (Å²) < 4.78 is 0. The van der Waals surface area contributed by atoms with Gasteiger partial charge < -0.3 is 15.7 Å². The minimum Gasteiger partial charge on any atom is -0.480 e. The maximum Gasteiger partial charge on any atom is 0.325 e. The van der Waals surface area contributed by atoms with E-state index in [-0.39, 0.29) is 11.7 Å². The van der Waals surface area contributed by atoms with E-state index in [4.69, 9.17) is 5.11 Å². The molecule has 150 valence electrons. The van der Waals surface area contributed by atoms with Gasteiger partial charge in [0.05, 0.1) is 0 Å². The van der Waals surface area contributed by atoms with E-state index >= 15 is 0 Å². The number of amides is 2. The van der Waals surface area contributed by atoms with Crippen molar-refractivity contribution in [3.63, 3.8) is 0 Å². The molecular formula is C22H22N2O5. The third kappa shape index (κ3) is 3.76. The van der Waals surface area contributed by atoms with E-state index in [1.165, 1.54) is 6.92 Å². The standard InChI is InChI=1S/C22H22N2O5/c1-11(2)18(21(27)23-12(3)22(28)29)24-20(26)16-10-6-9-15-17(16)13-7-4-5-8-14(13)19(15)25/h4-12,18H,1-3H3,(H,23,27)(H,24,26)(H,28,29)/t12-,18-/m0/s1. The topological polar surface area (TPSA) is 113 Å². The van der Waals surface area contributed by atoms with Crippen molar-refractivity contribution < 1.29 is 24.3 Å². The molecule has 1 aliphatic rings. The van der Waals surface area contributed by atoms with Crippen LogP contribution in [0.2, 0.25) is 0 Å². The number of rotatable bonds is 6. The molecule has 3 rings (SSSR count). The summed E-state index contributed by atoms with van der Waals surface area (Å²) in [6.07, 6.45) is 0. The van der Waals surface area contributed by atoms with Gasteiger partial charge in [-0.15, -0.1) is 0 Å². The lowest BCUT2D eigenvalue weighted by Crippen LogP contribution is -2.53. The Bertz CT molecular complexity index is 1010. The highest BCUT2D eigenvalue weighted by atomic mass is 16.4. The monoisotopic (exact) mass is 394 g/mol. The summed E-state index contributed by atoms with van der Waals surface area (Å²) in [6.45, 7) is 4.86. The van der Waals surface area contributed by atoms with Gasteiger partial charge in [-0.3, -0.25) is 19.2 Å². The van der Waals surface area contributed by atoms with Crippen LogP contribution in [0.15, 0.2) is 42.5 Å². The zero-order valence-electron chi connectivity index (χ0n) is 16.4. The minimum atomic E-state index is -1.16. The van der Waals surface area contributed by atoms with Gasteiger partial charge in [0.15, 0.2) is 5.78 Å². The highest BCUT2D eigenvalue weighted by molar-refractivity contribution is 6.24. The van der Waals surface area contributed by atoms with E-state index in [1.54, 1.807) is 56.3 Å². The molecule has 2 amide bonds. The van der Waals surface area contributed by atoms with Crippen molar-refractivity contribution in [1.29, 1.82) is 0 Å². The molecule has 3 N–H and O–H groups in total. The number of benzene rings is 2. The summed E-state index contributed by atoms with van der Waals surface area (Å²) in [5.74, 6) is -2.65. The second-order valence-corrected chi connectivity index (χ2v) is 7.37. The Morgan fingerprint density at radius 3 is 2.10 bits per heavy atom. The molecule has 0 heterocycles. The molecule has 0 fully saturated rings. The molecule has 0 radical (unpaired) electrons. The average molecular weight is 394 g/mol. The maximum absolute atomic E-state index is 13.0. The lowest BCUT2D eigenvalue weighted by atomic mass is 9.97. The number of nitrogens with one attached hydrogen (secondary N) is 2. The lowest BCUT2D eigenvalue weighted by Gasteiger charge is -2.23. The maximum atomic E-state index is 13.0. The van der Waals surface area contributed by atoms with Crippen LogP contribution in [0.4, 0.5) is 0 Å². The molecule has 0 aliphatic heterocycles. The number of carbonyl (C=O) groups excluding carboxylic acids is 3. The van der Waals surface area contributed by atoms with E-state index in [0.717, 1.165) is 0 Å². The van der Waals surface area contributed by atoms with Crippen molar-refractivity contribution in [2.24, 2.45) is 5.92 Å². The van der Waals surface area contributed by atoms with Gasteiger partial charge in [0.2, 0.25) is 5.91 Å². The Morgan fingerprint density at radius 1 is 0.862 bits per heavy atom. The number of carbonyl (C=O) groups is 4. The first-order valence-corrected chi connectivity index (χ1v) is 9.33. The van der Waals surface area contributed by atoms with Crippen molar-refractivity contribution in [3.8, 4) is 11.1 Å². The zero-order valence-corrected chi connectivity index (χ0v) is 16.4. The predicted octanol–water partition coefficient (Wildman–Crippen LogP) is 2.24. The van der Waals surface area contributed by atoms with Gasteiger partial charge >= 0.3 is 5.97 Å². The average Bonchev–Trinajstić information content (AvgIpc) is 2.98. The molecule has 2 aromatic rings. The molecule has 0 unspecified atom stereocenters. The predicted molar refractivity (Wildman–Crippen MR) is 107 cm³/mol. The molecule has 2 aromatic carbocycles. The van der Waals surface area contributed by atoms with Gasteiger partial charge in [-0.1, -0.05) is 50.2 Å². The fraction of sp³-hybridized carbons (Fsp3) is 0.273. The summed E-state index contributed by atoms with van der Waals surface area (Å²) in [7, 11) is 0. The van der Waals surface area contributed by atoms with E-state index in [1.807, 2.05) is 0 Å². The summed E-state index contributed by atoms with van der Waals surface area (Å²) in [5, 5.41) is 14.1. The lowest BCUT2D eigenvalue weighted by molar-refractivity contribution is -0.141. The number of hydrogen-bond donors (Lipinski definition) is 3. The molecule has 0 aromatic heterocycles. The molecule has 0 spiro atoms. The smallest absolute Gasteiger partial charge is 0.325 e. The Hall–Kier alpha value is -3.48. The van der Waals surface area contributed by atoms with Crippen LogP contribution >= 0.6 is 0 Å². The second kappa shape index (κ2) is 7.87. The highest BCUT2D eigenvalue weighted by Gasteiger charge is 2.32. The molecule has 0 saturated carbocycles. The Kier molecular flexibility index (Phi) is 5.50. The first-order chi connectivity index (χ1) is 13.7. The quantitative estimate of drug-likeness (QED) is 0.594. The fourth-order valence-electron chi connectivity index (χ4n) is 3.38. The van der Waals surface area contributed by atoms with E-state index in [9.17, 15) is 19.2 Å². The van der Waals surface area contributed by atoms with Crippen LogP contribution in [0.1, 0.15) is 47.1 Å². The number of fused-ring (bicyclic) bond motifs is 3. The molecule has 7 nitrogen and oxygen atoms in total. The molecule has 1 aliphatic carbocycles. The number of ketones is 1. The third-order valence-electron chi connectivity index (χ3n) is 4.96. The van der Waals surface area contributed by atoms with Crippen molar-refractivity contribution in [3.05, 3.63) is 59.2 Å². The summed E-state index contributed by atoms with van der Waals surface area (Å²) in [5.41, 5.74) is 2.52. The molecule has 0 bridgehead atoms. The normalized spacial score (nSPS) is 14.0. The van der Waals surface area contributed by atoms with Crippen LogP contribution in [0, 0.1) is 5.92 Å². The fourth-order valence-corrected chi connectivity index (χ4v) is 3.38. The SMILES string of the molecule is CC(C)[C@H](NC(=O)c1cccc2c1-c1ccccc1C2=O)C(=O)N[C@@H](C)C(=O)O. The number of carboxylic acids is 1. The van der Waals surface area contributed by atoms with Gasteiger partial charge in [0, 0.05) is 22.3 Å². The van der Waals surface area contributed by atoms with Crippen LogP contribution < -0.4 is 10.6 Å². The van der Waals surface area contributed by atoms with Crippen LogP contribution in [-0.4, -0.2) is 40.8 Å². The van der Waals surface area contributed by atoms with Crippen molar-refractivity contribution in [1.82, 2.24) is 10.6 Å². The van der Waals surface area contributed by atoms with Gasteiger partial charge in [-0.2, -0.15) is 0 Å². The highest BCUT2D eigenvalue weighted by Crippen LogP contribution is 2.38. The van der Waals surface area contributed by atoms with Crippen LogP contribution in [-0.2, 0) is 9.59 Å². The largest absolute Gasteiger partial charge is 0.480 e. The van der Waals surface area contributed by atoms with Gasteiger partial charge in [-0.25, -0.2) is 0 Å².